The van der Waals surface area contributed by atoms with Crippen molar-refractivity contribution in [3.63, 3.8) is 0 Å². The monoisotopic (exact) mass is 263 g/mol. The summed E-state index contributed by atoms with van der Waals surface area (Å²) in [5.41, 5.74) is 3.39. The number of hydrogen-bond donors (Lipinski definition) is 0. The van der Waals surface area contributed by atoms with Gasteiger partial charge >= 0.3 is 0 Å². The number of rotatable bonds is 5. The summed E-state index contributed by atoms with van der Waals surface area (Å²) < 4.78 is 5.41. The molecule has 0 aliphatic heterocycles. The van der Waals surface area contributed by atoms with Gasteiger partial charge in [-0.05, 0) is 18.4 Å². The van der Waals surface area contributed by atoms with Crippen LogP contribution in [0.2, 0.25) is 0 Å². The van der Waals surface area contributed by atoms with Gasteiger partial charge in [0, 0.05) is 18.1 Å². The molecule has 3 aromatic rings. The third-order valence-electron chi connectivity index (χ3n) is 3.36. The van der Waals surface area contributed by atoms with Crippen molar-refractivity contribution < 1.29 is 4.52 Å². The summed E-state index contributed by atoms with van der Waals surface area (Å²) >= 11 is 0. The van der Waals surface area contributed by atoms with Crippen LogP contribution >= 0.6 is 0 Å². The van der Waals surface area contributed by atoms with Crippen LogP contribution in [0.5, 0.6) is 0 Å². The fourth-order valence-corrected chi connectivity index (χ4v) is 2.29. The molecular weight excluding hydrogens is 246 g/mol. The number of benzene rings is 2. The molecule has 0 atom stereocenters. The molecule has 2 aromatic carbocycles. The van der Waals surface area contributed by atoms with Gasteiger partial charge in [0.05, 0.1) is 0 Å². The zero-order chi connectivity index (χ0) is 13.6. The van der Waals surface area contributed by atoms with Gasteiger partial charge in [-0.25, -0.2) is 0 Å². The van der Waals surface area contributed by atoms with Crippen LogP contribution in [0.25, 0.3) is 11.3 Å². The maximum atomic E-state index is 5.41. The van der Waals surface area contributed by atoms with Crippen molar-refractivity contribution in [2.24, 2.45) is 0 Å². The van der Waals surface area contributed by atoms with Gasteiger partial charge in [-0.15, -0.1) is 0 Å². The Morgan fingerprint density at radius 1 is 0.800 bits per heavy atom. The third kappa shape index (κ3) is 3.15. The normalized spacial score (nSPS) is 10.6. The highest BCUT2D eigenvalue weighted by Gasteiger charge is 2.05. The summed E-state index contributed by atoms with van der Waals surface area (Å²) in [4.78, 5) is 0. The van der Waals surface area contributed by atoms with Crippen molar-refractivity contribution in [1.29, 1.82) is 0 Å². The Balaban J connectivity index is 1.58. The molecule has 0 unspecified atom stereocenters. The summed E-state index contributed by atoms with van der Waals surface area (Å²) in [5.74, 6) is 0.958. The summed E-state index contributed by atoms with van der Waals surface area (Å²) in [6.45, 7) is 0. The maximum Gasteiger partial charge on any atom is 0.137 e. The lowest BCUT2D eigenvalue weighted by atomic mass is 10.1. The first-order valence-corrected chi connectivity index (χ1v) is 6.97. The topological polar surface area (TPSA) is 26.0 Å². The minimum atomic E-state index is 0.917. The smallest absolute Gasteiger partial charge is 0.137 e. The SMILES string of the molecule is c1ccc(CCCc2cc(-c3ccccc3)no2)cc1. The molecule has 1 aromatic heterocycles. The van der Waals surface area contributed by atoms with E-state index in [0.29, 0.717) is 0 Å². The average molecular weight is 263 g/mol. The first-order chi connectivity index (χ1) is 9.92. The molecule has 100 valence electrons. The minimum absolute atomic E-state index is 0.917. The molecule has 20 heavy (non-hydrogen) atoms. The molecule has 2 nitrogen and oxygen atoms in total. The van der Waals surface area contributed by atoms with Crippen LogP contribution < -0.4 is 0 Å². The lowest BCUT2D eigenvalue weighted by Gasteiger charge is -1.98. The molecule has 0 N–H and O–H groups in total. The van der Waals surface area contributed by atoms with Gasteiger partial charge in [-0.2, -0.15) is 0 Å². The predicted octanol–water partition coefficient (Wildman–Crippen LogP) is 4.52. The van der Waals surface area contributed by atoms with Crippen LogP contribution in [-0.4, -0.2) is 5.16 Å². The quantitative estimate of drug-likeness (QED) is 0.676. The lowest BCUT2D eigenvalue weighted by Crippen LogP contribution is -1.88. The second-order valence-electron chi connectivity index (χ2n) is 4.88. The molecule has 3 rings (SSSR count). The van der Waals surface area contributed by atoms with E-state index in [9.17, 15) is 0 Å². The molecule has 1 heterocycles. The van der Waals surface area contributed by atoms with Gasteiger partial charge in [0.25, 0.3) is 0 Å². The van der Waals surface area contributed by atoms with E-state index in [1.54, 1.807) is 0 Å². The number of aryl methyl sites for hydroxylation is 2. The Labute approximate surface area is 119 Å². The van der Waals surface area contributed by atoms with Gasteiger partial charge in [-0.1, -0.05) is 65.8 Å². The predicted molar refractivity (Wildman–Crippen MR) is 80.4 cm³/mol. The maximum absolute atomic E-state index is 5.41. The first-order valence-electron chi connectivity index (χ1n) is 6.97. The number of aromatic nitrogens is 1. The largest absolute Gasteiger partial charge is 0.361 e. The van der Waals surface area contributed by atoms with Gasteiger partial charge in [0.15, 0.2) is 0 Å². The van der Waals surface area contributed by atoms with Gasteiger partial charge in [0.2, 0.25) is 0 Å². The molecule has 0 amide bonds. The van der Waals surface area contributed by atoms with E-state index in [0.717, 1.165) is 36.3 Å². The van der Waals surface area contributed by atoms with Crippen molar-refractivity contribution in [1.82, 2.24) is 5.16 Å². The van der Waals surface area contributed by atoms with Crippen LogP contribution in [-0.2, 0) is 12.8 Å². The second-order valence-corrected chi connectivity index (χ2v) is 4.88. The Morgan fingerprint density at radius 2 is 1.50 bits per heavy atom. The van der Waals surface area contributed by atoms with Crippen molar-refractivity contribution in [3.8, 4) is 11.3 Å². The highest BCUT2D eigenvalue weighted by atomic mass is 16.5. The van der Waals surface area contributed by atoms with E-state index in [4.69, 9.17) is 4.52 Å². The fourth-order valence-electron chi connectivity index (χ4n) is 2.29. The molecule has 0 aliphatic carbocycles. The first kappa shape index (κ1) is 12.7. The second kappa shape index (κ2) is 6.20. The Hall–Kier alpha value is -2.35. The number of nitrogens with zero attached hydrogens (tertiary/aromatic N) is 1. The van der Waals surface area contributed by atoms with E-state index < -0.39 is 0 Å². The molecule has 0 bridgehead atoms. The van der Waals surface area contributed by atoms with Crippen molar-refractivity contribution in [2.45, 2.75) is 19.3 Å². The molecule has 0 spiro atoms. The Kier molecular flexibility index (Phi) is 3.93. The van der Waals surface area contributed by atoms with Crippen LogP contribution in [0.3, 0.4) is 0 Å². The van der Waals surface area contributed by atoms with Crippen molar-refractivity contribution in [3.05, 3.63) is 78.1 Å². The van der Waals surface area contributed by atoms with Crippen molar-refractivity contribution >= 4 is 0 Å². The Morgan fingerprint density at radius 3 is 2.25 bits per heavy atom. The molecule has 0 saturated heterocycles. The number of hydrogen-bond acceptors (Lipinski definition) is 2. The minimum Gasteiger partial charge on any atom is -0.361 e. The molecule has 0 saturated carbocycles. The van der Waals surface area contributed by atoms with Crippen LogP contribution in [0.4, 0.5) is 0 Å². The third-order valence-corrected chi connectivity index (χ3v) is 3.36. The highest BCUT2D eigenvalue weighted by molar-refractivity contribution is 5.58. The molecule has 0 aliphatic rings. The molecular formula is C18H17NO. The van der Waals surface area contributed by atoms with Crippen LogP contribution in [0.15, 0.2) is 71.3 Å². The summed E-state index contributed by atoms with van der Waals surface area (Å²) in [5, 5.41) is 4.14. The zero-order valence-electron chi connectivity index (χ0n) is 11.3. The lowest BCUT2D eigenvalue weighted by molar-refractivity contribution is 0.382. The highest BCUT2D eigenvalue weighted by Crippen LogP contribution is 2.19. The molecule has 0 radical (unpaired) electrons. The van der Waals surface area contributed by atoms with E-state index in [1.807, 2.05) is 42.5 Å². The Bertz CT molecular complexity index is 643. The van der Waals surface area contributed by atoms with Gasteiger partial charge in [-0.3, -0.25) is 0 Å². The van der Waals surface area contributed by atoms with Crippen molar-refractivity contribution in [2.75, 3.05) is 0 Å². The van der Waals surface area contributed by atoms with Gasteiger partial charge < -0.3 is 4.52 Å². The van der Waals surface area contributed by atoms with E-state index in [2.05, 4.69) is 29.4 Å². The van der Waals surface area contributed by atoms with Gasteiger partial charge in [0.1, 0.15) is 11.5 Å². The summed E-state index contributed by atoms with van der Waals surface area (Å²) in [7, 11) is 0. The summed E-state index contributed by atoms with van der Waals surface area (Å²) in [6, 6.07) is 22.7. The van der Waals surface area contributed by atoms with Crippen LogP contribution in [0, 0.1) is 0 Å². The average Bonchev–Trinajstić information content (AvgIpc) is 2.98. The standard InChI is InChI=1S/C18H17NO/c1-3-8-15(9-4-1)10-7-13-17-14-18(19-20-17)16-11-5-2-6-12-16/h1-6,8-9,11-12,14H,7,10,13H2. The van der Waals surface area contributed by atoms with Crippen LogP contribution in [0.1, 0.15) is 17.7 Å². The zero-order valence-corrected chi connectivity index (χ0v) is 11.3. The molecule has 2 heteroatoms. The van der Waals surface area contributed by atoms with E-state index in [-0.39, 0.29) is 0 Å². The molecule has 0 fully saturated rings. The fraction of sp³-hybridized carbons (Fsp3) is 0.167. The van der Waals surface area contributed by atoms with E-state index >= 15 is 0 Å². The summed E-state index contributed by atoms with van der Waals surface area (Å²) in [6.07, 6.45) is 3.07. The van der Waals surface area contributed by atoms with E-state index in [1.165, 1.54) is 5.56 Å².